The van der Waals surface area contributed by atoms with E-state index in [9.17, 15) is 5.11 Å². The second kappa shape index (κ2) is 3.75. The van der Waals surface area contributed by atoms with Gasteiger partial charge in [0.25, 0.3) is 0 Å². The van der Waals surface area contributed by atoms with E-state index in [1.807, 2.05) is 0 Å². The molecular weight excluding hydrogens is 150 g/mol. The third-order valence-corrected chi connectivity index (χ3v) is 2.71. The lowest BCUT2D eigenvalue weighted by Gasteiger charge is -2.09. The second-order valence-electron chi connectivity index (χ2n) is 4.41. The van der Waals surface area contributed by atoms with E-state index < -0.39 is 0 Å². The Bertz CT molecular complexity index is 145. The maximum absolute atomic E-state index is 9.69. The first-order valence-corrected chi connectivity index (χ1v) is 5.03. The van der Waals surface area contributed by atoms with Crippen LogP contribution in [0.2, 0.25) is 0 Å². The van der Waals surface area contributed by atoms with Gasteiger partial charge in [0, 0.05) is 5.54 Å². The fourth-order valence-electron chi connectivity index (χ4n) is 1.71. The summed E-state index contributed by atoms with van der Waals surface area (Å²) in [4.78, 5) is 0. The molecular formula is C10H21NO. The summed E-state index contributed by atoms with van der Waals surface area (Å²) in [5.74, 6) is 0. The molecule has 2 nitrogen and oxygen atoms in total. The van der Waals surface area contributed by atoms with Crippen LogP contribution in [0.4, 0.5) is 0 Å². The summed E-state index contributed by atoms with van der Waals surface area (Å²) in [6, 6.07) is 0.342. The van der Waals surface area contributed by atoms with Gasteiger partial charge in [-0.25, -0.2) is 0 Å². The van der Waals surface area contributed by atoms with E-state index in [2.05, 4.69) is 26.1 Å². The molecule has 12 heavy (non-hydrogen) atoms. The van der Waals surface area contributed by atoms with Gasteiger partial charge in [-0.3, -0.25) is 0 Å². The van der Waals surface area contributed by atoms with Crippen molar-refractivity contribution in [2.75, 3.05) is 0 Å². The molecule has 2 unspecified atom stereocenters. The maximum Gasteiger partial charge on any atom is 0.0711 e. The van der Waals surface area contributed by atoms with Gasteiger partial charge in [-0.1, -0.05) is 26.2 Å². The first-order valence-electron chi connectivity index (χ1n) is 5.03. The molecule has 72 valence electrons. The Balaban J connectivity index is 2.09. The minimum absolute atomic E-state index is 0.133. The van der Waals surface area contributed by atoms with Gasteiger partial charge in [-0.15, -0.1) is 0 Å². The smallest absolute Gasteiger partial charge is 0.0711 e. The molecule has 0 aromatic rings. The van der Waals surface area contributed by atoms with Gasteiger partial charge in [0.05, 0.1) is 12.1 Å². The van der Waals surface area contributed by atoms with Crippen LogP contribution in [0.1, 0.15) is 46.5 Å². The molecule has 1 rings (SSSR count). The third-order valence-electron chi connectivity index (χ3n) is 2.71. The molecule has 0 bridgehead atoms. The van der Waals surface area contributed by atoms with Crippen molar-refractivity contribution in [3.8, 4) is 0 Å². The van der Waals surface area contributed by atoms with Gasteiger partial charge < -0.3 is 10.4 Å². The number of aliphatic hydroxyl groups is 1. The van der Waals surface area contributed by atoms with Crippen LogP contribution >= 0.6 is 0 Å². The van der Waals surface area contributed by atoms with E-state index in [4.69, 9.17) is 0 Å². The number of rotatable bonds is 5. The van der Waals surface area contributed by atoms with E-state index in [1.54, 1.807) is 0 Å². The Morgan fingerprint density at radius 3 is 2.42 bits per heavy atom. The summed E-state index contributed by atoms with van der Waals surface area (Å²) in [5, 5.41) is 13.0. The summed E-state index contributed by atoms with van der Waals surface area (Å²) in [5.41, 5.74) is 0.186. The second-order valence-corrected chi connectivity index (χ2v) is 4.41. The fraction of sp³-hybridized carbons (Fsp3) is 1.00. The van der Waals surface area contributed by atoms with Crippen molar-refractivity contribution in [2.45, 2.75) is 64.1 Å². The molecule has 0 amide bonds. The fourth-order valence-corrected chi connectivity index (χ4v) is 1.71. The highest BCUT2D eigenvalue weighted by atomic mass is 16.3. The number of hydrogen-bond donors (Lipinski definition) is 2. The molecule has 1 heterocycles. The van der Waals surface area contributed by atoms with Crippen LogP contribution in [0, 0.1) is 0 Å². The maximum atomic E-state index is 9.69. The van der Waals surface area contributed by atoms with Crippen molar-refractivity contribution in [2.24, 2.45) is 0 Å². The molecule has 1 fully saturated rings. The molecule has 0 radical (unpaired) electrons. The highest BCUT2D eigenvalue weighted by molar-refractivity contribution is 5.10. The average Bonchev–Trinajstić information content (AvgIpc) is 2.60. The molecule has 2 atom stereocenters. The van der Waals surface area contributed by atoms with Crippen molar-refractivity contribution in [1.82, 2.24) is 5.32 Å². The Hall–Kier alpha value is -0.0800. The Labute approximate surface area is 75.4 Å². The van der Waals surface area contributed by atoms with Gasteiger partial charge in [-0.05, 0) is 20.3 Å². The number of aliphatic hydroxyl groups excluding tert-OH is 1. The molecule has 0 saturated carbocycles. The van der Waals surface area contributed by atoms with Gasteiger partial charge in [0.1, 0.15) is 0 Å². The Morgan fingerprint density at radius 1 is 1.42 bits per heavy atom. The Morgan fingerprint density at radius 2 is 2.00 bits per heavy atom. The molecule has 1 saturated heterocycles. The molecule has 1 aliphatic heterocycles. The predicted octanol–water partition coefficient (Wildman–Crippen LogP) is 1.68. The lowest BCUT2D eigenvalue weighted by Crippen LogP contribution is -2.20. The molecule has 0 aliphatic carbocycles. The number of nitrogens with one attached hydrogen (secondary N) is 1. The standard InChI is InChI=1S/C10H21NO/c1-4-5-6-7-8(12)9-10(2,3)11-9/h8-9,11-12H,4-7H2,1-3H3. The molecule has 0 spiro atoms. The SMILES string of the molecule is CCCCCC(O)C1NC1(C)C. The van der Waals surface area contributed by atoms with Crippen molar-refractivity contribution >= 4 is 0 Å². The minimum atomic E-state index is -0.133. The van der Waals surface area contributed by atoms with Gasteiger partial charge in [0.2, 0.25) is 0 Å². The zero-order valence-electron chi connectivity index (χ0n) is 8.43. The van der Waals surface area contributed by atoms with Crippen LogP contribution in [0.3, 0.4) is 0 Å². The zero-order chi connectivity index (χ0) is 9.19. The van der Waals surface area contributed by atoms with Crippen molar-refractivity contribution in [3.63, 3.8) is 0 Å². The van der Waals surface area contributed by atoms with Gasteiger partial charge in [-0.2, -0.15) is 0 Å². The normalized spacial score (nSPS) is 28.5. The lowest BCUT2D eigenvalue weighted by molar-refractivity contribution is 0.153. The lowest BCUT2D eigenvalue weighted by atomic mass is 10.0. The first kappa shape index (κ1) is 10.0. The third kappa shape index (κ3) is 2.46. The number of hydrogen-bond acceptors (Lipinski definition) is 2. The van der Waals surface area contributed by atoms with E-state index in [1.165, 1.54) is 12.8 Å². The molecule has 1 aliphatic rings. The molecule has 2 N–H and O–H groups in total. The van der Waals surface area contributed by atoms with Crippen LogP contribution in [-0.4, -0.2) is 22.8 Å². The van der Waals surface area contributed by atoms with Crippen molar-refractivity contribution < 1.29 is 5.11 Å². The van der Waals surface area contributed by atoms with Crippen molar-refractivity contribution in [3.05, 3.63) is 0 Å². The van der Waals surface area contributed by atoms with E-state index in [0.29, 0.717) is 6.04 Å². The van der Waals surface area contributed by atoms with E-state index in [-0.39, 0.29) is 11.6 Å². The largest absolute Gasteiger partial charge is 0.391 e. The summed E-state index contributed by atoms with van der Waals surface area (Å²) in [6.07, 6.45) is 4.45. The molecule has 0 aromatic carbocycles. The summed E-state index contributed by atoms with van der Waals surface area (Å²) in [6.45, 7) is 6.47. The highest BCUT2D eigenvalue weighted by Crippen LogP contribution is 2.29. The Kier molecular flexibility index (Phi) is 3.13. The summed E-state index contributed by atoms with van der Waals surface area (Å²) >= 11 is 0. The van der Waals surface area contributed by atoms with E-state index in [0.717, 1.165) is 12.8 Å². The monoisotopic (exact) mass is 171 g/mol. The van der Waals surface area contributed by atoms with E-state index >= 15 is 0 Å². The quantitative estimate of drug-likeness (QED) is 0.488. The molecule has 0 aromatic heterocycles. The van der Waals surface area contributed by atoms with Gasteiger partial charge >= 0.3 is 0 Å². The van der Waals surface area contributed by atoms with Gasteiger partial charge in [0.15, 0.2) is 0 Å². The average molecular weight is 171 g/mol. The zero-order valence-corrected chi connectivity index (χ0v) is 8.43. The van der Waals surface area contributed by atoms with Crippen molar-refractivity contribution in [1.29, 1.82) is 0 Å². The summed E-state index contributed by atoms with van der Waals surface area (Å²) < 4.78 is 0. The summed E-state index contributed by atoms with van der Waals surface area (Å²) in [7, 11) is 0. The first-order chi connectivity index (χ1) is 5.58. The van der Waals surface area contributed by atoms with Crippen LogP contribution in [0.25, 0.3) is 0 Å². The predicted molar refractivity (Wildman–Crippen MR) is 51.2 cm³/mol. The van der Waals surface area contributed by atoms with Crippen LogP contribution in [0.15, 0.2) is 0 Å². The van der Waals surface area contributed by atoms with Crippen LogP contribution in [0.5, 0.6) is 0 Å². The minimum Gasteiger partial charge on any atom is -0.391 e. The highest BCUT2D eigenvalue weighted by Gasteiger charge is 2.48. The van der Waals surface area contributed by atoms with Crippen LogP contribution < -0.4 is 5.32 Å². The van der Waals surface area contributed by atoms with Crippen LogP contribution in [-0.2, 0) is 0 Å². The topological polar surface area (TPSA) is 42.2 Å². The number of unbranched alkanes of at least 4 members (excludes halogenated alkanes) is 2. The molecule has 2 heteroatoms.